The Hall–Kier alpha value is -8.15. The van der Waals surface area contributed by atoms with Crippen LogP contribution < -0.4 is 0 Å². The lowest BCUT2D eigenvalue weighted by atomic mass is 9.77. The summed E-state index contributed by atoms with van der Waals surface area (Å²) < 4.78 is 5.16. The van der Waals surface area contributed by atoms with Crippen LogP contribution in [-0.4, -0.2) is 18.0 Å². The molecule has 10 rings (SSSR count). The monoisotopic (exact) mass is 787 g/mol. The number of carbonyl (C=O) groups is 1. The quantitative estimate of drug-likeness (QED) is 0.0665. The largest absolute Gasteiger partial charge is 0.465 e. The minimum Gasteiger partial charge on any atom is -0.465 e. The first-order chi connectivity index (χ1) is 30.0. The number of esters is 1. The molecule has 0 spiro atoms. The van der Waals surface area contributed by atoms with Crippen LogP contribution in [0.3, 0.4) is 0 Å². The lowest BCUT2D eigenvalue weighted by Crippen LogP contribution is -2.06. The molecule has 290 valence electrons. The Morgan fingerprint density at radius 2 is 0.639 bits per heavy atom. The van der Waals surface area contributed by atoms with Gasteiger partial charge in [0.05, 0.1) is 12.0 Å². The van der Waals surface area contributed by atoms with Crippen molar-refractivity contribution in [2.24, 2.45) is 0 Å². The number of hydrogen-bond acceptors (Lipinski definition) is 4. The number of ether oxygens (including phenoxy) is 1. The normalized spacial score (nSPS) is 11.2. The van der Waals surface area contributed by atoms with Gasteiger partial charge in [0.1, 0.15) is 5.56 Å². The summed E-state index contributed by atoms with van der Waals surface area (Å²) in [6.07, 6.45) is 0. The molecule has 10 aromatic rings. The Labute approximate surface area is 352 Å². The SMILES string of the molecule is COC(=O)c1cc2c(-c3ccccc3)c3cc4c(-c5ccccc5)c(-c5ccccc5)c(-c5ccccc5)c(-c5ccccc5)c4cc3c(-c3ccccc3)c2cc1[N+](=O)[O-]. The van der Waals surface area contributed by atoms with Crippen molar-refractivity contribution in [3.8, 4) is 66.8 Å². The zero-order valence-electron chi connectivity index (χ0n) is 33.2. The van der Waals surface area contributed by atoms with Gasteiger partial charge in [0.25, 0.3) is 5.69 Å². The van der Waals surface area contributed by atoms with Gasteiger partial charge in [-0.25, -0.2) is 4.79 Å². The Bertz CT molecular complexity index is 3280. The van der Waals surface area contributed by atoms with E-state index in [0.717, 1.165) is 88.3 Å². The third kappa shape index (κ3) is 6.40. The molecule has 0 radical (unpaired) electrons. The molecule has 0 bridgehead atoms. The van der Waals surface area contributed by atoms with Crippen LogP contribution in [0.4, 0.5) is 5.69 Å². The first-order valence-corrected chi connectivity index (χ1v) is 20.2. The number of nitrogens with zero attached hydrogens (tertiary/aromatic N) is 1. The molecular formula is C56H37NO4. The molecule has 5 nitrogen and oxygen atoms in total. The molecular weight excluding hydrogens is 751 g/mol. The molecule has 0 unspecified atom stereocenters. The van der Waals surface area contributed by atoms with E-state index in [1.54, 1.807) is 12.1 Å². The molecule has 0 saturated carbocycles. The van der Waals surface area contributed by atoms with Crippen LogP contribution in [0.25, 0.3) is 99.1 Å². The van der Waals surface area contributed by atoms with E-state index >= 15 is 0 Å². The molecule has 0 atom stereocenters. The second-order valence-electron chi connectivity index (χ2n) is 15.1. The van der Waals surface area contributed by atoms with E-state index in [1.807, 2.05) is 66.7 Å². The van der Waals surface area contributed by atoms with Gasteiger partial charge in [0.15, 0.2) is 0 Å². The Morgan fingerprint density at radius 1 is 0.377 bits per heavy atom. The number of nitro benzene ring substituents is 1. The summed E-state index contributed by atoms with van der Waals surface area (Å²) in [4.78, 5) is 25.7. The predicted molar refractivity (Wildman–Crippen MR) is 250 cm³/mol. The number of hydrogen-bond donors (Lipinski definition) is 0. The van der Waals surface area contributed by atoms with E-state index in [0.29, 0.717) is 10.8 Å². The summed E-state index contributed by atoms with van der Waals surface area (Å²) in [5, 5.41) is 18.1. The molecule has 0 heterocycles. The lowest BCUT2D eigenvalue weighted by Gasteiger charge is -2.26. The molecule has 10 aromatic carbocycles. The molecule has 0 fully saturated rings. The first-order valence-electron chi connectivity index (χ1n) is 20.2. The predicted octanol–water partition coefficient (Wildman–Crippen LogP) is 14.8. The smallest absolute Gasteiger partial charge is 0.344 e. The topological polar surface area (TPSA) is 69.4 Å². The molecule has 0 aromatic heterocycles. The zero-order valence-corrected chi connectivity index (χ0v) is 33.2. The van der Waals surface area contributed by atoms with Crippen molar-refractivity contribution in [3.63, 3.8) is 0 Å². The summed E-state index contributed by atoms with van der Waals surface area (Å²) in [6.45, 7) is 0. The van der Waals surface area contributed by atoms with Crippen LogP contribution in [0.2, 0.25) is 0 Å². The zero-order chi connectivity index (χ0) is 41.5. The summed E-state index contributed by atoms with van der Waals surface area (Å²) >= 11 is 0. The minimum atomic E-state index is -0.771. The second kappa shape index (κ2) is 15.6. The molecule has 61 heavy (non-hydrogen) atoms. The van der Waals surface area contributed by atoms with Crippen molar-refractivity contribution in [3.05, 3.63) is 222 Å². The second-order valence-corrected chi connectivity index (χ2v) is 15.1. The van der Waals surface area contributed by atoms with E-state index in [1.165, 1.54) is 7.11 Å². The van der Waals surface area contributed by atoms with Crippen molar-refractivity contribution >= 4 is 44.0 Å². The first kappa shape index (κ1) is 37.1. The van der Waals surface area contributed by atoms with Gasteiger partial charge in [-0.05, 0) is 117 Å². The molecule has 0 amide bonds. The highest BCUT2D eigenvalue weighted by molar-refractivity contribution is 6.28. The van der Waals surface area contributed by atoms with Crippen molar-refractivity contribution in [2.75, 3.05) is 7.11 Å². The van der Waals surface area contributed by atoms with Gasteiger partial charge in [-0.3, -0.25) is 10.1 Å². The van der Waals surface area contributed by atoms with Gasteiger partial charge in [0.2, 0.25) is 0 Å². The number of methoxy groups -OCH3 is 1. The van der Waals surface area contributed by atoms with Gasteiger partial charge >= 0.3 is 5.97 Å². The van der Waals surface area contributed by atoms with Crippen molar-refractivity contribution in [1.29, 1.82) is 0 Å². The van der Waals surface area contributed by atoms with E-state index in [-0.39, 0.29) is 11.3 Å². The molecule has 0 aliphatic rings. The molecule has 0 aliphatic heterocycles. The highest BCUT2D eigenvalue weighted by Gasteiger charge is 2.29. The van der Waals surface area contributed by atoms with E-state index in [9.17, 15) is 14.9 Å². The third-order valence-electron chi connectivity index (χ3n) is 11.6. The van der Waals surface area contributed by atoms with E-state index in [2.05, 4.69) is 127 Å². The number of benzene rings is 10. The van der Waals surface area contributed by atoms with Crippen LogP contribution in [0.15, 0.2) is 206 Å². The van der Waals surface area contributed by atoms with Crippen LogP contribution in [0, 0.1) is 10.1 Å². The fourth-order valence-corrected chi connectivity index (χ4v) is 9.09. The van der Waals surface area contributed by atoms with Gasteiger partial charge < -0.3 is 4.74 Å². The number of fused-ring (bicyclic) bond motifs is 3. The Balaban J connectivity index is 1.54. The van der Waals surface area contributed by atoms with Crippen molar-refractivity contribution < 1.29 is 14.5 Å². The number of rotatable bonds is 8. The highest BCUT2D eigenvalue weighted by atomic mass is 16.6. The van der Waals surface area contributed by atoms with Crippen LogP contribution in [-0.2, 0) is 4.74 Å². The average Bonchev–Trinajstić information content (AvgIpc) is 3.32. The van der Waals surface area contributed by atoms with Crippen LogP contribution >= 0.6 is 0 Å². The Morgan fingerprint density at radius 3 is 0.951 bits per heavy atom. The molecule has 0 N–H and O–H groups in total. The van der Waals surface area contributed by atoms with Gasteiger partial charge in [-0.1, -0.05) is 182 Å². The van der Waals surface area contributed by atoms with Gasteiger partial charge in [-0.2, -0.15) is 0 Å². The minimum absolute atomic E-state index is 0.105. The Kier molecular flexibility index (Phi) is 9.47. The maximum atomic E-state index is 13.4. The van der Waals surface area contributed by atoms with Crippen molar-refractivity contribution in [2.45, 2.75) is 0 Å². The average molecular weight is 788 g/mol. The summed E-state index contributed by atoms with van der Waals surface area (Å²) in [6, 6.07) is 70.3. The van der Waals surface area contributed by atoms with Gasteiger partial charge in [0, 0.05) is 6.07 Å². The number of carbonyl (C=O) groups excluding carboxylic acids is 1. The molecule has 5 heteroatoms. The maximum Gasteiger partial charge on any atom is 0.344 e. The molecule has 0 aliphatic carbocycles. The summed E-state index contributed by atoms with van der Waals surface area (Å²) in [5.74, 6) is -0.771. The van der Waals surface area contributed by atoms with E-state index < -0.39 is 10.9 Å². The fourth-order valence-electron chi connectivity index (χ4n) is 9.09. The highest BCUT2D eigenvalue weighted by Crippen LogP contribution is 2.54. The standard InChI is InChI=1S/C56H37NO4/c1-61-56(58)48-34-44-47(35-49(48)57(59)60)51(37-22-10-3-11-23-37)43-33-46-45(32-42(43)50(44)36-20-8-2-9-21-36)52(38-24-12-4-13-25-38)54(40-28-16-6-17-29-40)55(41-30-18-7-19-31-41)53(46)39-26-14-5-15-27-39/h2-35H,1H3. The summed E-state index contributed by atoms with van der Waals surface area (Å²) in [7, 11) is 1.25. The van der Waals surface area contributed by atoms with E-state index in [4.69, 9.17) is 4.74 Å². The lowest BCUT2D eigenvalue weighted by molar-refractivity contribution is -0.385. The van der Waals surface area contributed by atoms with Crippen molar-refractivity contribution in [1.82, 2.24) is 0 Å². The number of nitro groups is 1. The fraction of sp³-hybridized carbons (Fsp3) is 0.0179. The third-order valence-corrected chi connectivity index (χ3v) is 11.6. The maximum absolute atomic E-state index is 13.4. The van der Waals surface area contributed by atoms with Gasteiger partial charge in [-0.15, -0.1) is 0 Å². The summed E-state index contributed by atoms with van der Waals surface area (Å²) in [5.41, 5.74) is 11.8. The van der Waals surface area contributed by atoms with Crippen LogP contribution in [0.5, 0.6) is 0 Å². The van der Waals surface area contributed by atoms with Crippen LogP contribution in [0.1, 0.15) is 10.4 Å². The molecule has 0 saturated heterocycles.